The van der Waals surface area contributed by atoms with E-state index in [1.165, 1.54) is 0 Å². The second-order valence-corrected chi connectivity index (χ2v) is 5.86. The highest BCUT2D eigenvalue weighted by atomic mass is 79.9. The molecule has 2 amide bonds. The third-order valence-electron chi connectivity index (χ3n) is 3.29. The number of amides is 2. The number of hydrogen-bond donors (Lipinski definition) is 1. The Morgan fingerprint density at radius 3 is 2.83 bits per heavy atom. The molecule has 1 N–H and O–H groups in total. The van der Waals surface area contributed by atoms with Crippen molar-refractivity contribution in [3.8, 4) is 5.75 Å². The number of alkyl halides is 3. The number of nitrogens with one attached hydrogen (secondary N) is 1. The first-order chi connectivity index (χ1) is 10.8. The molecule has 1 atom stereocenters. The summed E-state index contributed by atoms with van der Waals surface area (Å²) in [6, 6.07) is 4.48. The third-order valence-corrected chi connectivity index (χ3v) is 3.78. The summed E-state index contributed by atoms with van der Waals surface area (Å²) >= 11 is 3.23. The van der Waals surface area contributed by atoms with Crippen LogP contribution < -0.4 is 10.1 Å². The summed E-state index contributed by atoms with van der Waals surface area (Å²) in [7, 11) is 0. The Bertz CT molecular complexity index is 595. The van der Waals surface area contributed by atoms with Crippen LogP contribution in [-0.4, -0.2) is 48.6 Å². The Morgan fingerprint density at radius 2 is 2.17 bits per heavy atom. The van der Waals surface area contributed by atoms with Gasteiger partial charge in [0.05, 0.1) is 6.42 Å². The number of halogens is 4. The predicted molar refractivity (Wildman–Crippen MR) is 78.8 cm³/mol. The van der Waals surface area contributed by atoms with E-state index in [-0.39, 0.29) is 13.1 Å². The first-order valence-corrected chi connectivity index (χ1v) is 7.58. The third kappa shape index (κ3) is 4.85. The van der Waals surface area contributed by atoms with Crippen LogP contribution in [-0.2, 0) is 9.59 Å². The summed E-state index contributed by atoms with van der Waals surface area (Å²) in [6.07, 6.45) is -5.47. The number of carbonyl (C=O) groups excluding carboxylic acids is 2. The molecule has 1 aromatic rings. The lowest BCUT2D eigenvalue weighted by Gasteiger charge is -2.30. The van der Waals surface area contributed by atoms with Crippen molar-refractivity contribution in [1.29, 1.82) is 0 Å². The van der Waals surface area contributed by atoms with Crippen LogP contribution in [0.3, 0.4) is 0 Å². The summed E-state index contributed by atoms with van der Waals surface area (Å²) in [5.41, 5.74) is 0. The van der Waals surface area contributed by atoms with Crippen molar-refractivity contribution >= 4 is 27.7 Å². The molecule has 1 aliphatic rings. The standard InChI is InChI=1S/C14H14BrF3N2O3/c15-9-2-1-3-10(6-9)23-8-13(22)20-5-4-19-12(21)7-11(20)14(16,17)18/h1-3,6,11H,4-5,7-8H2,(H,19,21)/t11-/m1/s1. The zero-order valence-electron chi connectivity index (χ0n) is 11.9. The highest BCUT2D eigenvalue weighted by Gasteiger charge is 2.47. The van der Waals surface area contributed by atoms with Crippen LogP contribution >= 0.6 is 15.9 Å². The molecule has 0 unspecified atom stereocenters. The summed E-state index contributed by atoms with van der Waals surface area (Å²) in [6.45, 7) is -0.762. The molecule has 2 rings (SSSR count). The van der Waals surface area contributed by atoms with E-state index in [2.05, 4.69) is 21.2 Å². The minimum atomic E-state index is -4.67. The van der Waals surface area contributed by atoms with Crippen LogP contribution in [0.25, 0.3) is 0 Å². The number of ether oxygens (including phenoxy) is 1. The second-order valence-electron chi connectivity index (χ2n) is 4.94. The van der Waals surface area contributed by atoms with Crippen molar-refractivity contribution in [3.05, 3.63) is 28.7 Å². The second kappa shape index (κ2) is 7.20. The van der Waals surface area contributed by atoms with E-state index < -0.39 is 37.1 Å². The van der Waals surface area contributed by atoms with Crippen molar-refractivity contribution in [3.63, 3.8) is 0 Å². The Morgan fingerprint density at radius 1 is 1.43 bits per heavy atom. The average Bonchev–Trinajstić information content (AvgIpc) is 2.66. The quantitative estimate of drug-likeness (QED) is 0.853. The molecule has 9 heteroatoms. The van der Waals surface area contributed by atoms with Gasteiger partial charge in [0.2, 0.25) is 5.91 Å². The van der Waals surface area contributed by atoms with Gasteiger partial charge in [-0.15, -0.1) is 0 Å². The van der Waals surface area contributed by atoms with Crippen molar-refractivity contribution in [2.24, 2.45) is 0 Å². The van der Waals surface area contributed by atoms with Crippen LogP contribution in [0.2, 0.25) is 0 Å². The van der Waals surface area contributed by atoms with E-state index in [1.54, 1.807) is 24.3 Å². The van der Waals surface area contributed by atoms with Crippen molar-refractivity contribution in [1.82, 2.24) is 10.2 Å². The molecular formula is C14H14BrF3N2O3. The van der Waals surface area contributed by atoms with Crippen LogP contribution in [0.15, 0.2) is 28.7 Å². The van der Waals surface area contributed by atoms with Gasteiger partial charge in [-0.3, -0.25) is 9.59 Å². The fourth-order valence-electron chi connectivity index (χ4n) is 2.21. The lowest BCUT2D eigenvalue weighted by atomic mass is 10.1. The van der Waals surface area contributed by atoms with Gasteiger partial charge in [0.15, 0.2) is 6.61 Å². The number of hydrogen-bond acceptors (Lipinski definition) is 3. The zero-order chi connectivity index (χ0) is 17.0. The van der Waals surface area contributed by atoms with E-state index in [0.29, 0.717) is 10.6 Å². The Balaban J connectivity index is 2.07. The van der Waals surface area contributed by atoms with Gasteiger partial charge in [0, 0.05) is 17.6 Å². The van der Waals surface area contributed by atoms with Crippen LogP contribution in [0.5, 0.6) is 5.75 Å². The maximum Gasteiger partial charge on any atom is 0.409 e. The Hall–Kier alpha value is -1.77. The first kappa shape index (κ1) is 17.6. The van der Waals surface area contributed by atoms with Gasteiger partial charge in [-0.25, -0.2) is 0 Å². The highest BCUT2D eigenvalue weighted by molar-refractivity contribution is 9.10. The van der Waals surface area contributed by atoms with Gasteiger partial charge < -0.3 is 15.0 Å². The normalized spacial score (nSPS) is 19.0. The van der Waals surface area contributed by atoms with Crippen molar-refractivity contribution in [2.75, 3.05) is 19.7 Å². The molecule has 126 valence electrons. The molecule has 1 aliphatic heterocycles. The minimum absolute atomic E-state index is 0.0198. The fourth-order valence-corrected chi connectivity index (χ4v) is 2.58. The molecule has 0 spiro atoms. The molecule has 5 nitrogen and oxygen atoms in total. The number of benzene rings is 1. The summed E-state index contributed by atoms with van der Waals surface area (Å²) < 4.78 is 45.3. The molecule has 0 aromatic heterocycles. The van der Waals surface area contributed by atoms with Crippen LogP contribution in [0.4, 0.5) is 13.2 Å². The lowest BCUT2D eigenvalue weighted by Crippen LogP contribution is -2.50. The largest absolute Gasteiger partial charge is 0.484 e. The van der Waals surface area contributed by atoms with Crippen LogP contribution in [0, 0.1) is 0 Å². The van der Waals surface area contributed by atoms with Gasteiger partial charge in [-0.1, -0.05) is 22.0 Å². The van der Waals surface area contributed by atoms with Gasteiger partial charge in [-0.2, -0.15) is 13.2 Å². The molecule has 1 saturated heterocycles. The molecule has 0 radical (unpaired) electrons. The zero-order valence-corrected chi connectivity index (χ0v) is 13.5. The lowest BCUT2D eigenvalue weighted by molar-refractivity contribution is -0.191. The van der Waals surface area contributed by atoms with Gasteiger partial charge in [0.25, 0.3) is 5.91 Å². The maximum absolute atomic E-state index is 13.1. The molecule has 1 heterocycles. The van der Waals surface area contributed by atoms with Crippen LogP contribution in [0.1, 0.15) is 6.42 Å². The Labute approximate surface area is 138 Å². The smallest absolute Gasteiger partial charge is 0.409 e. The summed E-state index contributed by atoms with van der Waals surface area (Å²) in [5, 5.41) is 2.33. The minimum Gasteiger partial charge on any atom is -0.484 e. The maximum atomic E-state index is 13.1. The number of carbonyl (C=O) groups is 2. The molecule has 0 saturated carbocycles. The van der Waals surface area contributed by atoms with Gasteiger partial charge in [-0.05, 0) is 18.2 Å². The molecule has 1 aromatic carbocycles. The van der Waals surface area contributed by atoms with Gasteiger partial charge >= 0.3 is 6.18 Å². The van der Waals surface area contributed by atoms with E-state index in [4.69, 9.17) is 4.74 Å². The molecule has 0 aliphatic carbocycles. The monoisotopic (exact) mass is 394 g/mol. The molecule has 23 heavy (non-hydrogen) atoms. The number of rotatable bonds is 3. The summed E-state index contributed by atoms with van der Waals surface area (Å²) in [5.74, 6) is -1.18. The van der Waals surface area contributed by atoms with E-state index in [9.17, 15) is 22.8 Å². The summed E-state index contributed by atoms with van der Waals surface area (Å²) in [4.78, 5) is 24.1. The average molecular weight is 395 g/mol. The number of nitrogens with zero attached hydrogens (tertiary/aromatic N) is 1. The van der Waals surface area contributed by atoms with Gasteiger partial charge in [0.1, 0.15) is 11.8 Å². The van der Waals surface area contributed by atoms with E-state index in [1.807, 2.05) is 0 Å². The molecular weight excluding hydrogens is 381 g/mol. The molecule has 1 fully saturated rings. The SMILES string of the molecule is O=C1C[C@H](C(F)(F)F)N(C(=O)COc2cccc(Br)c2)CCN1. The topological polar surface area (TPSA) is 58.6 Å². The van der Waals surface area contributed by atoms with Crippen molar-refractivity contribution < 1.29 is 27.5 Å². The van der Waals surface area contributed by atoms with E-state index in [0.717, 1.165) is 4.47 Å². The van der Waals surface area contributed by atoms with Crippen molar-refractivity contribution in [2.45, 2.75) is 18.6 Å². The Kier molecular flexibility index (Phi) is 5.51. The first-order valence-electron chi connectivity index (χ1n) is 6.78. The highest BCUT2D eigenvalue weighted by Crippen LogP contribution is 2.28. The molecule has 0 bridgehead atoms. The fraction of sp³-hybridized carbons (Fsp3) is 0.429. The van der Waals surface area contributed by atoms with E-state index >= 15 is 0 Å². The predicted octanol–water partition coefficient (Wildman–Crippen LogP) is 2.11.